The minimum Gasteiger partial charge on any atom is -0.265 e. The Balaban J connectivity index is 2.59. The average molecular weight is 161 g/mol. The molecule has 0 spiro atoms. The Morgan fingerprint density at radius 3 is 2.40 bits per heavy atom. The van der Waals surface area contributed by atoms with Gasteiger partial charge in [0, 0.05) is 17.3 Å². The van der Waals surface area contributed by atoms with Crippen molar-refractivity contribution in [1.82, 2.24) is 4.98 Å². The molecule has 0 aliphatic rings. The second kappa shape index (κ2) is 3.51. The molecular weight excluding hydrogens is 156 g/mol. The van der Waals surface area contributed by atoms with Crippen molar-refractivity contribution in [2.45, 2.75) is 10.7 Å². The van der Waals surface area contributed by atoms with Gasteiger partial charge in [-0.25, -0.2) is 0 Å². The summed E-state index contributed by atoms with van der Waals surface area (Å²) in [5.41, 5.74) is 0. The van der Waals surface area contributed by atoms with Gasteiger partial charge < -0.3 is 0 Å². The van der Waals surface area contributed by atoms with Crippen LogP contribution in [-0.4, -0.2) is 10.7 Å². The first-order chi connectivity index (χ1) is 4.79. The molecule has 0 aliphatic heterocycles. The highest BCUT2D eigenvalue weighted by Gasteiger charge is 2.02. The van der Waals surface area contributed by atoms with Crippen LogP contribution >= 0.6 is 11.8 Å². The molecule has 0 N–H and O–H groups in total. The molecule has 1 heterocycles. The van der Waals surface area contributed by atoms with Crippen LogP contribution in [0.25, 0.3) is 0 Å². The normalized spacial score (nSPS) is 10.3. The molecule has 0 amide bonds. The Morgan fingerprint density at radius 2 is 1.90 bits per heavy atom. The molecule has 4 heteroatoms. The van der Waals surface area contributed by atoms with E-state index in [1.54, 1.807) is 12.1 Å². The number of nitrogens with zero attached hydrogens (tertiary/aromatic N) is 1. The maximum atomic E-state index is 11.7. The first-order valence-electron chi connectivity index (χ1n) is 2.64. The first-order valence-corrected chi connectivity index (χ1v) is 3.52. The fourth-order valence-corrected chi connectivity index (χ4v) is 1.00. The molecule has 10 heavy (non-hydrogen) atoms. The van der Waals surface area contributed by atoms with E-state index < -0.39 is 5.76 Å². The summed E-state index contributed by atoms with van der Waals surface area (Å²) >= 11 is 0.525. The molecular formula is C6H5F2NS. The maximum Gasteiger partial charge on any atom is 0.288 e. The molecule has 0 aliphatic carbocycles. The van der Waals surface area contributed by atoms with Crippen LogP contribution in [-0.2, 0) is 0 Å². The van der Waals surface area contributed by atoms with Crippen molar-refractivity contribution < 1.29 is 8.78 Å². The predicted molar refractivity (Wildman–Crippen MR) is 36.1 cm³/mol. The van der Waals surface area contributed by atoms with Gasteiger partial charge in [0.05, 0.1) is 0 Å². The van der Waals surface area contributed by atoms with E-state index in [4.69, 9.17) is 0 Å². The predicted octanol–water partition coefficient (Wildman–Crippen LogP) is 2.40. The lowest BCUT2D eigenvalue weighted by Gasteiger charge is -1.96. The van der Waals surface area contributed by atoms with Gasteiger partial charge in [0.15, 0.2) is 0 Å². The first kappa shape index (κ1) is 7.47. The Morgan fingerprint density at radius 1 is 1.30 bits per heavy atom. The van der Waals surface area contributed by atoms with E-state index in [0.29, 0.717) is 16.7 Å². The second-order valence-electron chi connectivity index (χ2n) is 1.56. The molecule has 0 bridgehead atoms. The fraction of sp³-hybridized carbons (Fsp3) is 0.167. The van der Waals surface area contributed by atoms with Gasteiger partial charge in [-0.3, -0.25) is 4.98 Å². The SMILES string of the molecule is FC(F)Sc1ccncc1. The molecule has 0 saturated carbocycles. The summed E-state index contributed by atoms with van der Waals surface area (Å²) in [6.45, 7) is 0. The van der Waals surface area contributed by atoms with Crippen LogP contribution in [0.5, 0.6) is 0 Å². The summed E-state index contributed by atoms with van der Waals surface area (Å²) < 4.78 is 23.3. The van der Waals surface area contributed by atoms with Crippen molar-refractivity contribution in [2.24, 2.45) is 0 Å². The molecule has 1 aromatic heterocycles. The largest absolute Gasteiger partial charge is 0.288 e. The van der Waals surface area contributed by atoms with E-state index in [9.17, 15) is 8.78 Å². The number of rotatable bonds is 2. The van der Waals surface area contributed by atoms with Gasteiger partial charge in [0.25, 0.3) is 5.76 Å². The zero-order valence-electron chi connectivity index (χ0n) is 5.00. The van der Waals surface area contributed by atoms with Gasteiger partial charge >= 0.3 is 0 Å². The standard InChI is InChI=1S/C6H5F2NS/c7-6(8)10-5-1-3-9-4-2-5/h1-4,6H. The summed E-state index contributed by atoms with van der Waals surface area (Å²) in [7, 11) is 0. The van der Waals surface area contributed by atoms with E-state index >= 15 is 0 Å². The van der Waals surface area contributed by atoms with E-state index in [1.807, 2.05) is 0 Å². The van der Waals surface area contributed by atoms with Crippen LogP contribution in [0.1, 0.15) is 0 Å². The molecule has 0 aromatic carbocycles. The lowest BCUT2D eigenvalue weighted by molar-refractivity contribution is 0.252. The summed E-state index contributed by atoms with van der Waals surface area (Å²) in [6.07, 6.45) is 2.98. The number of aromatic nitrogens is 1. The molecule has 1 nitrogen and oxygen atoms in total. The number of hydrogen-bond donors (Lipinski definition) is 0. The van der Waals surface area contributed by atoms with E-state index in [0.717, 1.165) is 0 Å². The lowest BCUT2D eigenvalue weighted by atomic mass is 10.5. The van der Waals surface area contributed by atoms with Gasteiger partial charge in [-0.05, 0) is 12.1 Å². The van der Waals surface area contributed by atoms with Crippen LogP contribution in [0.3, 0.4) is 0 Å². The fourth-order valence-electron chi connectivity index (χ4n) is 0.520. The number of thioether (sulfide) groups is 1. The van der Waals surface area contributed by atoms with Crippen molar-refractivity contribution in [1.29, 1.82) is 0 Å². The second-order valence-corrected chi connectivity index (χ2v) is 2.62. The van der Waals surface area contributed by atoms with Gasteiger partial charge in [0.1, 0.15) is 0 Å². The summed E-state index contributed by atoms with van der Waals surface area (Å²) in [4.78, 5) is 4.24. The maximum absolute atomic E-state index is 11.7. The van der Waals surface area contributed by atoms with Gasteiger partial charge in [-0.15, -0.1) is 0 Å². The molecule has 1 rings (SSSR count). The van der Waals surface area contributed by atoms with Gasteiger partial charge in [-0.2, -0.15) is 8.78 Å². The third-order valence-electron chi connectivity index (χ3n) is 0.875. The quantitative estimate of drug-likeness (QED) is 0.618. The highest BCUT2D eigenvalue weighted by Crippen LogP contribution is 2.23. The Hall–Kier alpha value is -0.640. The number of halogens is 2. The third-order valence-corrected chi connectivity index (χ3v) is 1.60. The summed E-state index contributed by atoms with van der Waals surface area (Å²) in [5.74, 6) is -2.35. The number of pyridine rings is 1. The monoisotopic (exact) mass is 161 g/mol. The average Bonchev–Trinajstić information content (AvgIpc) is 1.88. The molecule has 0 saturated heterocycles. The van der Waals surface area contributed by atoms with Crippen LogP contribution in [0.4, 0.5) is 8.78 Å². The zero-order chi connectivity index (χ0) is 7.40. The highest BCUT2D eigenvalue weighted by atomic mass is 32.2. The molecule has 54 valence electrons. The minimum atomic E-state index is -2.35. The van der Waals surface area contributed by atoms with Crippen molar-refractivity contribution in [2.75, 3.05) is 0 Å². The van der Waals surface area contributed by atoms with Gasteiger partial charge in [0.2, 0.25) is 0 Å². The van der Waals surface area contributed by atoms with Crippen molar-refractivity contribution in [3.8, 4) is 0 Å². The Kier molecular flexibility index (Phi) is 2.62. The molecule has 0 radical (unpaired) electrons. The van der Waals surface area contributed by atoms with E-state index in [2.05, 4.69) is 4.98 Å². The summed E-state index contributed by atoms with van der Waals surface area (Å²) in [5, 5.41) is 0. The Bertz CT molecular complexity index is 190. The molecule has 0 unspecified atom stereocenters. The minimum absolute atomic E-state index is 0.525. The van der Waals surface area contributed by atoms with Crippen molar-refractivity contribution >= 4 is 11.8 Å². The summed E-state index contributed by atoms with van der Waals surface area (Å²) in [6, 6.07) is 3.10. The third kappa shape index (κ3) is 2.31. The number of hydrogen-bond acceptors (Lipinski definition) is 2. The highest BCUT2D eigenvalue weighted by molar-refractivity contribution is 7.99. The smallest absolute Gasteiger partial charge is 0.265 e. The van der Waals surface area contributed by atoms with Crippen LogP contribution in [0.2, 0.25) is 0 Å². The molecule has 0 fully saturated rings. The number of alkyl halides is 2. The Labute approximate surface area is 61.5 Å². The van der Waals surface area contributed by atoms with E-state index in [-0.39, 0.29) is 0 Å². The lowest BCUT2D eigenvalue weighted by Crippen LogP contribution is -1.80. The molecule has 0 atom stereocenters. The van der Waals surface area contributed by atoms with Crippen molar-refractivity contribution in [3.63, 3.8) is 0 Å². The van der Waals surface area contributed by atoms with Crippen molar-refractivity contribution in [3.05, 3.63) is 24.5 Å². The zero-order valence-corrected chi connectivity index (χ0v) is 5.81. The van der Waals surface area contributed by atoms with E-state index in [1.165, 1.54) is 12.4 Å². The van der Waals surface area contributed by atoms with Gasteiger partial charge in [-0.1, -0.05) is 11.8 Å². The van der Waals surface area contributed by atoms with Crippen LogP contribution in [0, 0.1) is 0 Å². The van der Waals surface area contributed by atoms with Crippen LogP contribution in [0.15, 0.2) is 29.4 Å². The molecule has 1 aromatic rings. The van der Waals surface area contributed by atoms with Crippen LogP contribution < -0.4 is 0 Å². The topological polar surface area (TPSA) is 12.9 Å².